The second kappa shape index (κ2) is 6.10. The Kier molecular flexibility index (Phi) is 4.01. The highest BCUT2D eigenvalue weighted by Gasteiger charge is 2.15. The smallest absolute Gasteiger partial charge is 0.231 e. The fourth-order valence-electron chi connectivity index (χ4n) is 2.09. The van der Waals surface area contributed by atoms with Gasteiger partial charge < -0.3 is 9.84 Å². The number of hydrogen-bond donors (Lipinski definition) is 1. The third-order valence-corrected chi connectivity index (χ3v) is 3.89. The summed E-state index contributed by atoms with van der Waals surface area (Å²) >= 11 is 3.48. The van der Waals surface area contributed by atoms with Gasteiger partial charge in [0.25, 0.3) is 0 Å². The average molecular weight is 345 g/mol. The van der Waals surface area contributed by atoms with Gasteiger partial charge in [-0.15, -0.1) is 0 Å². The Morgan fingerprint density at radius 1 is 1.29 bits per heavy atom. The molecule has 1 aliphatic carbocycles. The van der Waals surface area contributed by atoms with Gasteiger partial charge in [-0.25, -0.2) is 0 Å². The van der Waals surface area contributed by atoms with Crippen LogP contribution in [0, 0.1) is 5.92 Å². The summed E-state index contributed by atoms with van der Waals surface area (Å²) in [5.41, 5.74) is 1.70. The minimum atomic E-state index is -0.185. The predicted molar refractivity (Wildman–Crippen MR) is 83.3 cm³/mol. The van der Waals surface area contributed by atoms with E-state index in [1.165, 1.54) is 0 Å². The Morgan fingerprint density at radius 3 is 2.81 bits per heavy atom. The van der Waals surface area contributed by atoms with Crippen LogP contribution in [0.4, 0.5) is 0 Å². The van der Waals surface area contributed by atoms with Gasteiger partial charge >= 0.3 is 0 Å². The van der Waals surface area contributed by atoms with Gasteiger partial charge in [0.05, 0.1) is 12.5 Å². The zero-order chi connectivity index (χ0) is 14.7. The van der Waals surface area contributed by atoms with Crippen LogP contribution in [0.1, 0.15) is 5.76 Å². The van der Waals surface area contributed by atoms with Crippen molar-refractivity contribution in [3.63, 3.8) is 0 Å². The number of carbonyl (C=O) groups excluding carboxylic acids is 1. The summed E-state index contributed by atoms with van der Waals surface area (Å²) in [7, 11) is 0. The van der Waals surface area contributed by atoms with E-state index in [2.05, 4.69) is 26.4 Å². The van der Waals surface area contributed by atoms with E-state index in [4.69, 9.17) is 4.52 Å². The minimum Gasteiger partial charge on any atom is -0.359 e. The van der Waals surface area contributed by atoms with E-state index in [-0.39, 0.29) is 11.8 Å². The molecule has 1 aromatic carbocycles. The Morgan fingerprint density at radius 2 is 2.05 bits per heavy atom. The van der Waals surface area contributed by atoms with Crippen LogP contribution in [-0.2, 0) is 11.3 Å². The molecule has 2 aromatic rings. The number of hydrogen-bond acceptors (Lipinski definition) is 3. The third kappa shape index (κ3) is 3.13. The molecule has 0 saturated heterocycles. The van der Waals surface area contributed by atoms with Crippen LogP contribution in [0.3, 0.4) is 0 Å². The molecule has 1 amide bonds. The largest absolute Gasteiger partial charge is 0.359 e. The maximum Gasteiger partial charge on any atom is 0.231 e. The van der Waals surface area contributed by atoms with E-state index in [9.17, 15) is 4.79 Å². The highest BCUT2D eigenvalue weighted by molar-refractivity contribution is 9.10. The summed E-state index contributed by atoms with van der Waals surface area (Å²) in [6.07, 6.45) is 7.43. The average Bonchev–Trinajstić information content (AvgIpc) is 3.17. The molecular formula is C16H13BrN2O2. The molecule has 0 radical (unpaired) electrons. The van der Waals surface area contributed by atoms with Crippen LogP contribution in [0.15, 0.2) is 63.6 Å². The predicted octanol–water partition coefficient (Wildman–Crippen LogP) is 3.46. The van der Waals surface area contributed by atoms with Crippen LogP contribution in [0.5, 0.6) is 0 Å². The summed E-state index contributed by atoms with van der Waals surface area (Å²) < 4.78 is 6.22. The zero-order valence-corrected chi connectivity index (χ0v) is 12.7. The van der Waals surface area contributed by atoms with Crippen LogP contribution in [0.2, 0.25) is 0 Å². The van der Waals surface area contributed by atoms with Gasteiger partial charge in [-0.3, -0.25) is 4.79 Å². The van der Waals surface area contributed by atoms with Gasteiger partial charge in [0.2, 0.25) is 5.91 Å². The van der Waals surface area contributed by atoms with Crippen LogP contribution in [-0.4, -0.2) is 11.1 Å². The van der Waals surface area contributed by atoms with Gasteiger partial charge in [0, 0.05) is 16.1 Å². The first-order chi connectivity index (χ1) is 10.2. The van der Waals surface area contributed by atoms with Crippen LogP contribution in [0.25, 0.3) is 11.3 Å². The number of nitrogens with zero attached hydrogens (tertiary/aromatic N) is 1. The zero-order valence-electron chi connectivity index (χ0n) is 11.1. The molecule has 0 unspecified atom stereocenters. The first-order valence-corrected chi connectivity index (χ1v) is 7.36. The molecular weight excluding hydrogens is 332 g/mol. The number of benzene rings is 1. The van der Waals surface area contributed by atoms with Gasteiger partial charge in [-0.2, -0.15) is 0 Å². The van der Waals surface area contributed by atoms with Crippen molar-refractivity contribution in [2.24, 2.45) is 5.92 Å². The molecule has 1 N–H and O–H groups in total. The van der Waals surface area contributed by atoms with Crippen molar-refractivity contribution in [1.82, 2.24) is 10.5 Å². The first-order valence-electron chi connectivity index (χ1n) is 6.57. The van der Waals surface area contributed by atoms with Crippen LogP contribution >= 0.6 is 15.9 Å². The van der Waals surface area contributed by atoms with Crippen LogP contribution < -0.4 is 5.32 Å². The Labute approximate surface area is 130 Å². The van der Waals surface area contributed by atoms with E-state index >= 15 is 0 Å². The maximum absolute atomic E-state index is 11.9. The van der Waals surface area contributed by atoms with Gasteiger partial charge in [0.15, 0.2) is 5.76 Å². The Bertz CT molecular complexity index is 707. The van der Waals surface area contributed by atoms with Crippen molar-refractivity contribution < 1.29 is 9.32 Å². The molecule has 0 atom stereocenters. The fraction of sp³-hybridized carbons (Fsp3) is 0.125. The number of amides is 1. The van der Waals surface area contributed by atoms with Crippen molar-refractivity contribution >= 4 is 21.8 Å². The first kappa shape index (κ1) is 13.8. The minimum absolute atomic E-state index is 0.0427. The molecule has 0 saturated carbocycles. The van der Waals surface area contributed by atoms with Gasteiger partial charge in [-0.1, -0.05) is 63.6 Å². The normalized spacial score (nSPS) is 13.8. The van der Waals surface area contributed by atoms with E-state index in [1.54, 1.807) is 0 Å². The lowest BCUT2D eigenvalue weighted by Crippen LogP contribution is -2.27. The van der Waals surface area contributed by atoms with Crippen molar-refractivity contribution in [2.75, 3.05) is 0 Å². The second-order valence-electron chi connectivity index (χ2n) is 4.67. The molecule has 0 spiro atoms. The molecule has 4 nitrogen and oxygen atoms in total. The molecule has 21 heavy (non-hydrogen) atoms. The Hall–Kier alpha value is -2.14. The standard InChI is InChI=1S/C16H13BrN2O2/c17-14-8-4-3-7-13(14)15-9-12(21-19-15)10-18-16(20)11-5-1-2-6-11/h1-9,11H,10H2,(H,18,20). The van der Waals surface area contributed by atoms with E-state index in [0.717, 1.165) is 15.7 Å². The molecule has 1 aromatic heterocycles. The van der Waals surface area contributed by atoms with Crippen molar-refractivity contribution in [1.29, 1.82) is 0 Å². The molecule has 0 fully saturated rings. The number of halogens is 1. The number of rotatable bonds is 4. The van der Waals surface area contributed by atoms with Gasteiger partial charge in [0.1, 0.15) is 5.69 Å². The lowest BCUT2D eigenvalue weighted by Gasteiger charge is -2.05. The quantitative estimate of drug-likeness (QED) is 0.923. The summed E-state index contributed by atoms with van der Waals surface area (Å²) in [6.45, 7) is 0.328. The molecule has 5 heteroatoms. The van der Waals surface area contributed by atoms with Crippen molar-refractivity contribution in [3.8, 4) is 11.3 Å². The topological polar surface area (TPSA) is 55.1 Å². The van der Waals surface area contributed by atoms with E-state index in [0.29, 0.717) is 12.3 Å². The van der Waals surface area contributed by atoms with Crippen molar-refractivity contribution in [2.45, 2.75) is 6.54 Å². The molecule has 106 valence electrons. The molecule has 1 heterocycles. The number of carbonyl (C=O) groups is 1. The summed E-state index contributed by atoms with van der Waals surface area (Å²) in [5.74, 6) is 0.398. The highest BCUT2D eigenvalue weighted by Crippen LogP contribution is 2.27. The number of nitrogens with one attached hydrogen (secondary N) is 1. The molecule has 0 bridgehead atoms. The molecule has 0 aliphatic heterocycles. The fourth-order valence-corrected chi connectivity index (χ4v) is 2.58. The van der Waals surface area contributed by atoms with E-state index in [1.807, 2.05) is 54.6 Å². The van der Waals surface area contributed by atoms with E-state index < -0.39 is 0 Å². The molecule has 1 aliphatic rings. The number of allylic oxidation sites excluding steroid dienone is 2. The molecule has 3 rings (SSSR count). The summed E-state index contributed by atoms with van der Waals surface area (Å²) in [6, 6.07) is 9.62. The lowest BCUT2D eigenvalue weighted by atomic mass is 10.1. The summed E-state index contributed by atoms with van der Waals surface area (Å²) in [5, 5.41) is 6.87. The van der Waals surface area contributed by atoms with Gasteiger partial charge in [-0.05, 0) is 6.07 Å². The summed E-state index contributed by atoms with van der Waals surface area (Å²) in [4.78, 5) is 11.9. The Balaban J connectivity index is 1.66. The maximum atomic E-state index is 11.9. The monoisotopic (exact) mass is 344 g/mol. The third-order valence-electron chi connectivity index (χ3n) is 3.20. The highest BCUT2D eigenvalue weighted by atomic mass is 79.9. The SMILES string of the molecule is O=C(NCc1cc(-c2ccccc2Br)no1)C1C=CC=C1. The second-order valence-corrected chi connectivity index (χ2v) is 5.53. The number of aromatic nitrogens is 1. The van der Waals surface area contributed by atoms with Crippen molar-refractivity contribution in [3.05, 3.63) is 64.9 Å². The lowest BCUT2D eigenvalue weighted by molar-refractivity contribution is -0.122.